The Bertz CT molecular complexity index is 1080. The summed E-state index contributed by atoms with van der Waals surface area (Å²) in [5.74, 6) is 1.76. The van der Waals surface area contributed by atoms with Crippen LogP contribution in [0.15, 0.2) is 36.4 Å². The number of nitrogens with zero attached hydrogens (tertiary/aromatic N) is 3. The molecule has 34 heavy (non-hydrogen) atoms. The molecule has 184 valence electrons. The topological polar surface area (TPSA) is 73.4 Å². The molecule has 0 atom stereocenters. The highest BCUT2D eigenvalue weighted by Gasteiger charge is 2.23. The Hall–Kier alpha value is -2.59. The molecule has 0 radical (unpaired) electrons. The minimum atomic E-state index is -0.139. The van der Waals surface area contributed by atoms with E-state index in [0.29, 0.717) is 28.7 Å². The molecule has 0 bridgehead atoms. The van der Waals surface area contributed by atoms with Crippen molar-refractivity contribution in [1.82, 2.24) is 9.88 Å². The SMILES string of the molecule is COc1cc(OC)cc(C(=O)N(CCCN2CCOCC2)c2nc3ccc(OC)cc3s2)c1.Cl. The Morgan fingerprint density at radius 2 is 1.71 bits per heavy atom. The lowest BCUT2D eigenvalue weighted by Crippen LogP contribution is -2.39. The molecule has 3 aromatic rings. The normalized spacial score (nSPS) is 13.9. The molecule has 1 fully saturated rings. The van der Waals surface area contributed by atoms with Gasteiger partial charge in [-0.15, -0.1) is 12.4 Å². The van der Waals surface area contributed by atoms with Crippen LogP contribution in [0.3, 0.4) is 0 Å². The fourth-order valence-electron chi connectivity index (χ4n) is 3.78. The average Bonchev–Trinajstić information content (AvgIpc) is 3.29. The van der Waals surface area contributed by atoms with E-state index in [2.05, 4.69) is 4.90 Å². The molecule has 10 heteroatoms. The molecular formula is C24H30ClN3O5S. The maximum Gasteiger partial charge on any atom is 0.260 e. The van der Waals surface area contributed by atoms with Crippen LogP contribution in [0.1, 0.15) is 16.8 Å². The number of ether oxygens (including phenoxy) is 4. The third kappa shape index (κ3) is 6.09. The smallest absolute Gasteiger partial charge is 0.260 e. The first-order valence-corrected chi connectivity index (χ1v) is 11.7. The highest BCUT2D eigenvalue weighted by atomic mass is 35.5. The zero-order valence-electron chi connectivity index (χ0n) is 19.6. The second-order valence-electron chi connectivity index (χ2n) is 7.70. The lowest BCUT2D eigenvalue weighted by molar-refractivity contribution is 0.0376. The summed E-state index contributed by atoms with van der Waals surface area (Å²) in [6.07, 6.45) is 0.825. The number of hydrogen-bond acceptors (Lipinski definition) is 8. The van der Waals surface area contributed by atoms with E-state index >= 15 is 0 Å². The summed E-state index contributed by atoms with van der Waals surface area (Å²) in [6, 6.07) is 11.0. The third-order valence-electron chi connectivity index (χ3n) is 5.62. The minimum absolute atomic E-state index is 0. The van der Waals surface area contributed by atoms with Crippen LogP contribution in [0.25, 0.3) is 10.2 Å². The lowest BCUT2D eigenvalue weighted by Gasteiger charge is -2.27. The highest BCUT2D eigenvalue weighted by Crippen LogP contribution is 2.33. The Labute approximate surface area is 209 Å². The van der Waals surface area contributed by atoms with Crippen molar-refractivity contribution in [2.75, 3.05) is 65.6 Å². The lowest BCUT2D eigenvalue weighted by atomic mass is 10.1. The van der Waals surface area contributed by atoms with Crippen molar-refractivity contribution < 1.29 is 23.7 Å². The van der Waals surface area contributed by atoms with Crippen LogP contribution >= 0.6 is 23.7 Å². The molecule has 1 aliphatic heterocycles. The number of benzene rings is 2. The molecule has 1 saturated heterocycles. The number of anilines is 1. The van der Waals surface area contributed by atoms with Gasteiger partial charge in [-0.1, -0.05) is 11.3 Å². The Balaban J connectivity index is 0.00000324. The minimum Gasteiger partial charge on any atom is -0.497 e. The standard InChI is InChI=1S/C24H29N3O5S.ClH/c1-29-18-5-6-21-22(16-18)33-24(25-21)27(8-4-7-26-9-11-32-12-10-26)23(28)17-13-19(30-2)15-20(14-17)31-3;/h5-6,13-16H,4,7-12H2,1-3H3;1H. The van der Waals surface area contributed by atoms with E-state index in [-0.39, 0.29) is 18.3 Å². The number of halogens is 1. The Kier molecular flexibility index (Phi) is 9.35. The van der Waals surface area contributed by atoms with Gasteiger partial charge >= 0.3 is 0 Å². The molecule has 1 aliphatic rings. The van der Waals surface area contributed by atoms with Gasteiger partial charge in [0.05, 0.1) is 44.8 Å². The van der Waals surface area contributed by atoms with Crippen LogP contribution in [-0.2, 0) is 4.74 Å². The number of rotatable bonds is 9. The van der Waals surface area contributed by atoms with Gasteiger partial charge in [0.25, 0.3) is 5.91 Å². The van der Waals surface area contributed by atoms with E-state index in [9.17, 15) is 4.79 Å². The summed E-state index contributed by atoms with van der Waals surface area (Å²) in [5.41, 5.74) is 1.33. The maximum atomic E-state index is 13.7. The predicted octanol–water partition coefficient (Wildman–Crippen LogP) is 4.11. The molecule has 2 heterocycles. The summed E-state index contributed by atoms with van der Waals surface area (Å²) >= 11 is 1.48. The quantitative estimate of drug-likeness (QED) is 0.431. The van der Waals surface area contributed by atoms with Gasteiger partial charge in [0.1, 0.15) is 17.2 Å². The van der Waals surface area contributed by atoms with Crippen LogP contribution in [-0.4, -0.2) is 76.5 Å². The van der Waals surface area contributed by atoms with E-state index in [0.717, 1.165) is 55.2 Å². The van der Waals surface area contributed by atoms with Gasteiger partial charge in [-0.05, 0) is 36.8 Å². The van der Waals surface area contributed by atoms with Crippen molar-refractivity contribution in [2.45, 2.75) is 6.42 Å². The predicted molar refractivity (Wildman–Crippen MR) is 137 cm³/mol. The van der Waals surface area contributed by atoms with E-state index in [1.165, 1.54) is 11.3 Å². The number of carbonyl (C=O) groups excluding carboxylic acids is 1. The summed E-state index contributed by atoms with van der Waals surface area (Å²) in [6.45, 7) is 4.79. The van der Waals surface area contributed by atoms with Gasteiger partial charge in [-0.25, -0.2) is 4.98 Å². The van der Waals surface area contributed by atoms with E-state index in [4.69, 9.17) is 23.9 Å². The zero-order valence-corrected chi connectivity index (χ0v) is 21.2. The van der Waals surface area contributed by atoms with Crippen molar-refractivity contribution in [3.8, 4) is 17.2 Å². The van der Waals surface area contributed by atoms with Gasteiger partial charge in [-0.2, -0.15) is 0 Å². The number of amides is 1. The number of methoxy groups -OCH3 is 3. The summed E-state index contributed by atoms with van der Waals surface area (Å²) in [5, 5.41) is 0.659. The molecule has 0 saturated carbocycles. The summed E-state index contributed by atoms with van der Waals surface area (Å²) in [4.78, 5) is 22.6. The van der Waals surface area contributed by atoms with Crippen molar-refractivity contribution in [2.24, 2.45) is 0 Å². The number of fused-ring (bicyclic) bond motifs is 1. The van der Waals surface area contributed by atoms with Crippen molar-refractivity contribution in [1.29, 1.82) is 0 Å². The number of carbonyl (C=O) groups is 1. The molecular weight excluding hydrogens is 478 g/mol. The van der Waals surface area contributed by atoms with E-state index in [1.54, 1.807) is 44.4 Å². The fraction of sp³-hybridized carbons (Fsp3) is 0.417. The van der Waals surface area contributed by atoms with Crippen molar-refractivity contribution in [3.05, 3.63) is 42.0 Å². The van der Waals surface area contributed by atoms with Gasteiger partial charge in [0.15, 0.2) is 5.13 Å². The molecule has 8 nitrogen and oxygen atoms in total. The molecule has 2 aromatic carbocycles. The zero-order chi connectivity index (χ0) is 23.2. The first-order chi connectivity index (χ1) is 16.1. The number of hydrogen-bond donors (Lipinski definition) is 0. The van der Waals surface area contributed by atoms with Crippen LogP contribution in [0, 0.1) is 0 Å². The second kappa shape index (κ2) is 12.2. The van der Waals surface area contributed by atoms with Gasteiger partial charge < -0.3 is 18.9 Å². The van der Waals surface area contributed by atoms with Crippen LogP contribution in [0.5, 0.6) is 17.2 Å². The molecule has 0 aliphatic carbocycles. The maximum absolute atomic E-state index is 13.7. The highest BCUT2D eigenvalue weighted by molar-refractivity contribution is 7.22. The molecule has 0 spiro atoms. The molecule has 1 amide bonds. The largest absolute Gasteiger partial charge is 0.497 e. The van der Waals surface area contributed by atoms with E-state index in [1.807, 2.05) is 18.2 Å². The second-order valence-corrected chi connectivity index (χ2v) is 8.70. The molecule has 1 aromatic heterocycles. The van der Waals surface area contributed by atoms with Gasteiger partial charge in [0, 0.05) is 37.8 Å². The first-order valence-electron chi connectivity index (χ1n) is 10.9. The average molecular weight is 508 g/mol. The summed E-state index contributed by atoms with van der Waals surface area (Å²) in [7, 11) is 4.79. The first kappa shape index (κ1) is 26.0. The number of thiazole rings is 1. The molecule has 0 unspecified atom stereocenters. The van der Waals surface area contributed by atoms with Crippen LogP contribution in [0.2, 0.25) is 0 Å². The molecule has 4 rings (SSSR count). The number of aromatic nitrogens is 1. The fourth-order valence-corrected chi connectivity index (χ4v) is 4.80. The molecule has 0 N–H and O–H groups in total. The Morgan fingerprint density at radius 1 is 1.03 bits per heavy atom. The summed E-state index contributed by atoms with van der Waals surface area (Å²) < 4.78 is 22.5. The van der Waals surface area contributed by atoms with Gasteiger partial charge in [0.2, 0.25) is 0 Å². The van der Waals surface area contributed by atoms with Crippen LogP contribution < -0.4 is 19.1 Å². The number of morpholine rings is 1. The van der Waals surface area contributed by atoms with Crippen molar-refractivity contribution in [3.63, 3.8) is 0 Å². The Morgan fingerprint density at radius 3 is 2.35 bits per heavy atom. The van der Waals surface area contributed by atoms with E-state index < -0.39 is 0 Å². The third-order valence-corrected chi connectivity index (χ3v) is 6.66. The van der Waals surface area contributed by atoms with Crippen molar-refractivity contribution >= 4 is 45.0 Å². The van der Waals surface area contributed by atoms with Crippen LogP contribution in [0.4, 0.5) is 5.13 Å². The monoisotopic (exact) mass is 507 g/mol. The van der Waals surface area contributed by atoms with Gasteiger partial charge in [-0.3, -0.25) is 14.6 Å².